The first-order chi connectivity index (χ1) is 11.6. The van der Waals surface area contributed by atoms with Crippen molar-refractivity contribution in [3.05, 3.63) is 71.3 Å². The third kappa shape index (κ3) is 3.06. The molecule has 1 heterocycles. The number of anilines is 1. The predicted octanol–water partition coefficient (Wildman–Crippen LogP) is 2.85. The maximum atomic E-state index is 12.4. The van der Waals surface area contributed by atoms with E-state index in [4.69, 9.17) is 4.74 Å². The topological polar surface area (TPSA) is 46.6 Å². The van der Waals surface area contributed by atoms with Gasteiger partial charge in [0.05, 0.1) is 18.4 Å². The lowest BCUT2D eigenvalue weighted by molar-refractivity contribution is -0.120. The van der Waals surface area contributed by atoms with Gasteiger partial charge >= 0.3 is 0 Å². The molecule has 0 fully saturated rings. The summed E-state index contributed by atoms with van der Waals surface area (Å²) in [7, 11) is 1.59. The van der Waals surface area contributed by atoms with Gasteiger partial charge in [0.1, 0.15) is 5.75 Å². The molecule has 0 saturated heterocycles. The Labute approximate surface area is 140 Å². The number of aryl methyl sites for hydroxylation is 1. The number of carbonyl (C=O) groups excluding carboxylic acids is 2. The van der Waals surface area contributed by atoms with Crippen molar-refractivity contribution >= 4 is 17.5 Å². The summed E-state index contributed by atoms with van der Waals surface area (Å²) in [6.07, 6.45) is 1.28. The largest absolute Gasteiger partial charge is 0.497 e. The molecule has 2 aromatic rings. The van der Waals surface area contributed by atoms with E-state index in [0.29, 0.717) is 5.69 Å². The molecule has 0 spiro atoms. The minimum absolute atomic E-state index is 0.191. The normalized spacial score (nSPS) is 13.4. The third-order valence-electron chi connectivity index (χ3n) is 3.65. The zero-order valence-corrected chi connectivity index (χ0v) is 13.4. The Bertz CT molecular complexity index is 881. The van der Waals surface area contributed by atoms with Gasteiger partial charge in [-0.15, -0.1) is 0 Å². The Balaban J connectivity index is 1.82. The van der Waals surface area contributed by atoms with Crippen molar-refractivity contribution in [1.29, 1.82) is 0 Å². The highest BCUT2D eigenvalue weighted by Gasteiger charge is 2.31. The van der Waals surface area contributed by atoms with Crippen molar-refractivity contribution in [3.8, 4) is 17.6 Å². The highest BCUT2D eigenvalue weighted by atomic mass is 16.5. The van der Waals surface area contributed by atoms with E-state index in [0.717, 1.165) is 21.8 Å². The number of ether oxygens (including phenoxy) is 1. The molecule has 3 rings (SSSR count). The van der Waals surface area contributed by atoms with Crippen molar-refractivity contribution in [2.45, 2.75) is 6.92 Å². The zero-order chi connectivity index (χ0) is 17.1. The number of amides is 2. The summed E-state index contributed by atoms with van der Waals surface area (Å²) < 4.78 is 5.08. The van der Waals surface area contributed by atoms with Gasteiger partial charge in [-0.1, -0.05) is 29.5 Å². The van der Waals surface area contributed by atoms with Crippen LogP contribution in [0, 0.1) is 18.8 Å². The fraction of sp³-hybridized carbons (Fsp3) is 0.100. The van der Waals surface area contributed by atoms with Gasteiger partial charge in [0.25, 0.3) is 11.8 Å². The molecule has 0 atom stereocenters. The predicted molar refractivity (Wildman–Crippen MR) is 91.6 cm³/mol. The van der Waals surface area contributed by atoms with Crippen LogP contribution in [0.15, 0.2) is 60.2 Å². The fourth-order valence-corrected chi connectivity index (χ4v) is 2.31. The van der Waals surface area contributed by atoms with Crippen molar-refractivity contribution < 1.29 is 14.3 Å². The molecule has 0 bridgehead atoms. The molecule has 1 aliphatic heterocycles. The van der Waals surface area contributed by atoms with Gasteiger partial charge in [0.15, 0.2) is 0 Å². The number of hydrogen-bond acceptors (Lipinski definition) is 3. The Kier molecular flexibility index (Phi) is 4.17. The quantitative estimate of drug-likeness (QED) is 0.632. The Morgan fingerprint density at radius 1 is 0.917 bits per heavy atom. The summed E-state index contributed by atoms with van der Waals surface area (Å²) in [5.74, 6) is 5.64. The number of nitrogens with zero attached hydrogens (tertiary/aromatic N) is 1. The van der Waals surface area contributed by atoms with Gasteiger partial charge in [-0.05, 0) is 43.3 Å². The van der Waals surface area contributed by atoms with Crippen LogP contribution in [0.25, 0.3) is 0 Å². The van der Waals surface area contributed by atoms with E-state index in [1.54, 1.807) is 43.5 Å². The maximum Gasteiger partial charge on any atom is 0.274 e. The van der Waals surface area contributed by atoms with E-state index in [1.807, 2.05) is 19.1 Å². The van der Waals surface area contributed by atoms with Crippen LogP contribution in [-0.4, -0.2) is 18.9 Å². The molecule has 0 radical (unpaired) electrons. The summed E-state index contributed by atoms with van der Waals surface area (Å²) in [4.78, 5) is 25.7. The molecule has 0 saturated carbocycles. The van der Waals surface area contributed by atoms with Crippen LogP contribution in [0.3, 0.4) is 0 Å². The van der Waals surface area contributed by atoms with Gasteiger partial charge in [-0.25, -0.2) is 4.90 Å². The number of methoxy groups -OCH3 is 1. The maximum absolute atomic E-state index is 12.4. The molecule has 0 aromatic heterocycles. The van der Waals surface area contributed by atoms with E-state index in [2.05, 4.69) is 11.8 Å². The van der Waals surface area contributed by atoms with Gasteiger partial charge < -0.3 is 4.74 Å². The van der Waals surface area contributed by atoms with Crippen LogP contribution in [0.1, 0.15) is 11.1 Å². The second-order valence-corrected chi connectivity index (χ2v) is 5.35. The summed E-state index contributed by atoms with van der Waals surface area (Å²) >= 11 is 0. The average molecular weight is 317 g/mol. The van der Waals surface area contributed by atoms with Crippen LogP contribution in [0.4, 0.5) is 5.69 Å². The van der Waals surface area contributed by atoms with Gasteiger partial charge in [-0.3, -0.25) is 9.59 Å². The SMILES string of the molecule is COc1ccc(C#CC2=CC(=O)N(c3ccc(C)cc3)C2=O)cc1. The second-order valence-electron chi connectivity index (χ2n) is 5.35. The summed E-state index contributed by atoms with van der Waals surface area (Å²) in [6, 6.07) is 14.4. The number of imide groups is 1. The first kappa shape index (κ1) is 15.6. The standard InChI is InChI=1S/C20H15NO3/c1-14-3-9-17(10-4-14)21-19(22)13-16(20(21)23)8-5-15-6-11-18(24-2)12-7-15/h3-4,6-7,9-13H,1-2H3. The minimum atomic E-state index is -0.398. The number of carbonyl (C=O) groups is 2. The lowest BCUT2D eigenvalue weighted by Crippen LogP contribution is -2.30. The molecule has 4 nitrogen and oxygen atoms in total. The summed E-state index contributed by atoms with van der Waals surface area (Å²) in [5.41, 5.74) is 2.54. The van der Waals surface area contributed by atoms with Gasteiger partial charge in [0, 0.05) is 11.6 Å². The van der Waals surface area contributed by atoms with Crippen LogP contribution in [0.5, 0.6) is 5.75 Å². The monoisotopic (exact) mass is 317 g/mol. The zero-order valence-electron chi connectivity index (χ0n) is 13.4. The van der Waals surface area contributed by atoms with Crippen molar-refractivity contribution in [3.63, 3.8) is 0 Å². The molecule has 24 heavy (non-hydrogen) atoms. The first-order valence-corrected chi connectivity index (χ1v) is 7.41. The van der Waals surface area contributed by atoms with E-state index in [-0.39, 0.29) is 11.5 Å². The van der Waals surface area contributed by atoms with Crippen molar-refractivity contribution in [1.82, 2.24) is 0 Å². The molecule has 0 unspecified atom stereocenters. The Morgan fingerprint density at radius 3 is 2.21 bits per heavy atom. The third-order valence-corrected chi connectivity index (χ3v) is 3.65. The fourth-order valence-electron chi connectivity index (χ4n) is 2.31. The highest BCUT2D eigenvalue weighted by molar-refractivity contribution is 6.32. The van der Waals surface area contributed by atoms with Crippen LogP contribution in [-0.2, 0) is 9.59 Å². The van der Waals surface area contributed by atoms with E-state index in [9.17, 15) is 9.59 Å². The average Bonchev–Trinajstić information content (AvgIpc) is 2.88. The Morgan fingerprint density at radius 2 is 1.58 bits per heavy atom. The van der Waals surface area contributed by atoms with Crippen LogP contribution < -0.4 is 9.64 Å². The molecular weight excluding hydrogens is 302 g/mol. The Hall–Kier alpha value is -3.32. The smallest absolute Gasteiger partial charge is 0.274 e. The molecule has 2 aromatic carbocycles. The van der Waals surface area contributed by atoms with Gasteiger partial charge in [-0.2, -0.15) is 0 Å². The molecule has 2 amide bonds. The van der Waals surface area contributed by atoms with Crippen LogP contribution in [0.2, 0.25) is 0 Å². The molecule has 4 heteroatoms. The second kappa shape index (κ2) is 6.43. The molecular formula is C20H15NO3. The van der Waals surface area contributed by atoms with E-state index >= 15 is 0 Å². The van der Waals surface area contributed by atoms with E-state index in [1.165, 1.54) is 6.08 Å². The number of benzene rings is 2. The lowest BCUT2D eigenvalue weighted by atomic mass is 10.2. The number of hydrogen-bond donors (Lipinski definition) is 0. The summed E-state index contributed by atoms with van der Waals surface area (Å²) in [5, 5.41) is 0. The molecule has 0 N–H and O–H groups in total. The van der Waals surface area contributed by atoms with Gasteiger partial charge in [0.2, 0.25) is 0 Å². The van der Waals surface area contributed by atoms with E-state index < -0.39 is 5.91 Å². The molecule has 1 aliphatic rings. The lowest BCUT2D eigenvalue weighted by Gasteiger charge is -2.14. The molecule has 118 valence electrons. The number of rotatable bonds is 2. The summed E-state index contributed by atoms with van der Waals surface area (Å²) in [6.45, 7) is 1.95. The first-order valence-electron chi connectivity index (χ1n) is 7.41. The molecule has 0 aliphatic carbocycles. The minimum Gasteiger partial charge on any atom is -0.497 e. The van der Waals surface area contributed by atoms with Crippen molar-refractivity contribution in [2.75, 3.05) is 12.0 Å². The van der Waals surface area contributed by atoms with Crippen LogP contribution >= 0.6 is 0 Å². The van der Waals surface area contributed by atoms with Crippen molar-refractivity contribution in [2.24, 2.45) is 0 Å². The highest BCUT2D eigenvalue weighted by Crippen LogP contribution is 2.22.